The third kappa shape index (κ3) is 2.44. The molecule has 0 saturated carbocycles. The molecule has 18 heavy (non-hydrogen) atoms. The van der Waals surface area contributed by atoms with Crippen molar-refractivity contribution in [1.29, 1.82) is 0 Å². The number of phenolic OH excluding ortho intramolecular Hbond substituents is 2. The fraction of sp³-hybridized carbons (Fsp3) is 0.571. The molecule has 0 bridgehead atoms. The minimum atomic E-state index is -0.179. The van der Waals surface area contributed by atoms with Crippen molar-refractivity contribution in [2.75, 3.05) is 6.54 Å². The van der Waals surface area contributed by atoms with Gasteiger partial charge in [-0.3, -0.25) is 0 Å². The largest absolute Gasteiger partial charge is 0.504 e. The maximum Gasteiger partial charge on any atom is 0.161 e. The molecule has 0 fully saturated rings. The Morgan fingerprint density at radius 2 is 2.17 bits per heavy atom. The van der Waals surface area contributed by atoms with Crippen molar-refractivity contribution < 1.29 is 14.9 Å². The summed E-state index contributed by atoms with van der Waals surface area (Å²) in [6.07, 6.45) is 3.72. The molecule has 4 heteroatoms. The number of rotatable bonds is 4. The molecule has 100 valence electrons. The van der Waals surface area contributed by atoms with Gasteiger partial charge in [0.2, 0.25) is 0 Å². The molecule has 0 spiro atoms. The number of ether oxygens (including phenoxy) is 1. The van der Waals surface area contributed by atoms with Crippen LogP contribution in [0.25, 0.3) is 0 Å². The Hall–Kier alpha value is -1.26. The van der Waals surface area contributed by atoms with Crippen molar-refractivity contribution in [3.8, 4) is 11.5 Å². The summed E-state index contributed by atoms with van der Waals surface area (Å²) in [6, 6.07) is 3.28. The summed E-state index contributed by atoms with van der Waals surface area (Å²) in [5.74, 6) is -0.0867. The van der Waals surface area contributed by atoms with Crippen molar-refractivity contribution in [2.24, 2.45) is 5.73 Å². The molecule has 1 aliphatic rings. The molecule has 0 aromatic heterocycles. The predicted octanol–water partition coefficient (Wildman–Crippen LogP) is 2.23. The van der Waals surface area contributed by atoms with Crippen LogP contribution in [0.15, 0.2) is 12.1 Å². The van der Waals surface area contributed by atoms with Gasteiger partial charge in [-0.25, -0.2) is 0 Å². The first-order valence-corrected chi connectivity index (χ1v) is 6.56. The number of nitrogens with two attached hydrogens (primary N) is 1. The summed E-state index contributed by atoms with van der Waals surface area (Å²) in [4.78, 5) is 0. The van der Waals surface area contributed by atoms with Crippen molar-refractivity contribution in [3.05, 3.63) is 23.3 Å². The molecule has 1 aromatic rings. The van der Waals surface area contributed by atoms with E-state index in [1.54, 1.807) is 6.07 Å². The van der Waals surface area contributed by atoms with Crippen molar-refractivity contribution in [1.82, 2.24) is 0 Å². The summed E-state index contributed by atoms with van der Waals surface area (Å²) >= 11 is 0. The standard InChI is InChI=1S/C14H21NO3/c1-2-3-4-9-7-11-10(13(8-15)18-9)5-6-12(16)14(11)17/h5-6,9,13,16-17H,2-4,7-8,15H2,1H3/t9?,13-/m0/s1. The van der Waals surface area contributed by atoms with Crippen LogP contribution < -0.4 is 5.73 Å². The van der Waals surface area contributed by atoms with Crippen molar-refractivity contribution >= 4 is 0 Å². The molecule has 2 atom stereocenters. The minimum Gasteiger partial charge on any atom is -0.504 e. The van der Waals surface area contributed by atoms with Crippen LogP contribution in [-0.2, 0) is 11.2 Å². The zero-order chi connectivity index (χ0) is 13.1. The van der Waals surface area contributed by atoms with E-state index in [0.717, 1.165) is 30.4 Å². The summed E-state index contributed by atoms with van der Waals surface area (Å²) in [7, 11) is 0. The molecule has 1 aliphatic heterocycles. The average molecular weight is 251 g/mol. The number of aromatic hydroxyl groups is 2. The summed E-state index contributed by atoms with van der Waals surface area (Å²) < 4.78 is 5.94. The molecule has 4 N–H and O–H groups in total. The molecule has 1 heterocycles. The lowest BCUT2D eigenvalue weighted by atomic mass is 9.91. The van der Waals surface area contributed by atoms with Gasteiger partial charge in [0.25, 0.3) is 0 Å². The van der Waals surface area contributed by atoms with Gasteiger partial charge in [-0.1, -0.05) is 25.8 Å². The van der Waals surface area contributed by atoms with Crippen LogP contribution >= 0.6 is 0 Å². The highest BCUT2D eigenvalue weighted by molar-refractivity contribution is 5.50. The number of hydrogen-bond acceptors (Lipinski definition) is 4. The Bertz CT molecular complexity index is 420. The Morgan fingerprint density at radius 1 is 1.39 bits per heavy atom. The first kappa shape index (κ1) is 13.2. The normalized spacial score (nSPS) is 22.8. The Morgan fingerprint density at radius 3 is 2.83 bits per heavy atom. The van der Waals surface area contributed by atoms with Gasteiger partial charge in [0.1, 0.15) is 0 Å². The van der Waals surface area contributed by atoms with Crippen LogP contribution in [0.2, 0.25) is 0 Å². The van der Waals surface area contributed by atoms with Crippen LogP contribution in [0, 0.1) is 0 Å². The lowest BCUT2D eigenvalue weighted by Crippen LogP contribution is -2.30. The monoisotopic (exact) mass is 251 g/mol. The fourth-order valence-corrected chi connectivity index (χ4v) is 2.52. The van der Waals surface area contributed by atoms with E-state index in [2.05, 4.69) is 6.92 Å². The average Bonchev–Trinajstić information content (AvgIpc) is 2.40. The zero-order valence-corrected chi connectivity index (χ0v) is 10.7. The number of benzene rings is 1. The number of hydrogen-bond donors (Lipinski definition) is 3. The zero-order valence-electron chi connectivity index (χ0n) is 10.7. The molecule has 4 nitrogen and oxygen atoms in total. The molecule has 2 rings (SSSR count). The predicted molar refractivity (Wildman–Crippen MR) is 69.7 cm³/mol. The SMILES string of the molecule is CCCCC1Cc2c(ccc(O)c2O)[C@H](CN)O1. The van der Waals surface area contributed by atoms with Crippen molar-refractivity contribution in [2.45, 2.75) is 44.8 Å². The topological polar surface area (TPSA) is 75.7 Å². The van der Waals surface area contributed by atoms with E-state index in [0.29, 0.717) is 13.0 Å². The van der Waals surface area contributed by atoms with E-state index in [4.69, 9.17) is 10.5 Å². The van der Waals surface area contributed by atoms with Crippen LogP contribution in [0.4, 0.5) is 0 Å². The number of fused-ring (bicyclic) bond motifs is 1. The Kier molecular flexibility index (Phi) is 4.09. The third-order valence-electron chi connectivity index (χ3n) is 3.53. The van der Waals surface area contributed by atoms with Crippen LogP contribution in [-0.4, -0.2) is 22.9 Å². The third-order valence-corrected chi connectivity index (χ3v) is 3.53. The number of unbranched alkanes of at least 4 members (excludes halogenated alkanes) is 1. The quantitative estimate of drug-likeness (QED) is 0.717. The lowest BCUT2D eigenvalue weighted by molar-refractivity contribution is -0.0262. The van der Waals surface area contributed by atoms with Gasteiger partial charge in [-0.05, 0) is 18.1 Å². The van der Waals surface area contributed by atoms with E-state index >= 15 is 0 Å². The first-order valence-electron chi connectivity index (χ1n) is 6.56. The van der Waals surface area contributed by atoms with E-state index in [1.807, 2.05) is 0 Å². The molecular weight excluding hydrogens is 230 g/mol. The van der Waals surface area contributed by atoms with Gasteiger partial charge in [-0.15, -0.1) is 0 Å². The number of phenols is 2. The molecule has 1 aromatic carbocycles. The molecule has 0 saturated heterocycles. The van der Waals surface area contributed by atoms with Gasteiger partial charge >= 0.3 is 0 Å². The van der Waals surface area contributed by atoms with Crippen molar-refractivity contribution in [3.63, 3.8) is 0 Å². The minimum absolute atomic E-state index is 0.0178. The van der Waals surface area contributed by atoms with Gasteiger partial charge < -0.3 is 20.7 Å². The highest BCUT2D eigenvalue weighted by Gasteiger charge is 2.29. The van der Waals surface area contributed by atoms with Crippen LogP contribution in [0.1, 0.15) is 43.4 Å². The molecule has 0 amide bonds. The Balaban J connectivity index is 2.28. The molecular formula is C14H21NO3. The molecule has 0 aliphatic carbocycles. The molecule has 1 unspecified atom stereocenters. The van der Waals surface area contributed by atoms with E-state index in [-0.39, 0.29) is 23.7 Å². The van der Waals surface area contributed by atoms with E-state index in [1.165, 1.54) is 6.07 Å². The molecule has 0 radical (unpaired) electrons. The second-order valence-corrected chi connectivity index (χ2v) is 4.83. The summed E-state index contributed by atoms with van der Waals surface area (Å²) in [5, 5.41) is 19.5. The van der Waals surface area contributed by atoms with E-state index < -0.39 is 0 Å². The Labute approximate surface area is 107 Å². The van der Waals surface area contributed by atoms with Gasteiger partial charge in [0.15, 0.2) is 11.5 Å². The van der Waals surface area contributed by atoms with Crippen LogP contribution in [0.3, 0.4) is 0 Å². The van der Waals surface area contributed by atoms with Gasteiger partial charge in [0, 0.05) is 18.5 Å². The second kappa shape index (κ2) is 5.59. The van der Waals surface area contributed by atoms with Gasteiger partial charge in [-0.2, -0.15) is 0 Å². The summed E-state index contributed by atoms with van der Waals surface area (Å²) in [6.45, 7) is 2.53. The highest BCUT2D eigenvalue weighted by Crippen LogP contribution is 2.40. The first-order chi connectivity index (χ1) is 8.67. The fourth-order valence-electron chi connectivity index (χ4n) is 2.52. The van der Waals surface area contributed by atoms with Crippen LogP contribution in [0.5, 0.6) is 11.5 Å². The maximum absolute atomic E-state index is 9.95. The van der Waals surface area contributed by atoms with Gasteiger partial charge in [0.05, 0.1) is 12.2 Å². The maximum atomic E-state index is 9.95. The lowest BCUT2D eigenvalue weighted by Gasteiger charge is -2.32. The van der Waals surface area contributed by atoms with E-state index in [9.17, 15) is 10.2 Å². The highest BCUT2D eigenvalue weighted by atomic mass is 16.5. The smallest absolute Gasteiger partial charge is 0.161 e. The summed E-state index contributed by atoms with van der Waals surface area (Å²) in [5.41, 5.74) is 7.42. The second-order valence-electron chi connectivity index (χ2n) is 4.83.